The second kappa shape index (κ2) is 7.81. The van der Waals surface area contributed by atoms with Crippen LogP contribution in [-0.4, -0.2) is 36.3 Å². The van der Waals surface area contributed by atoms with Crippen molar-refractivity contribution in [1.29, 1.82) is 0 Å². The molecule has 0 heterocycles. The van der Waals surface area contributed by atoms with Crippen molar-refractivity contribution in [2.45, 2.75) is 32.6 Å². The first-order valence-electron chi connectivity index (χ1n) is 7.74. The summed E-state index contributed by atoms with van der Waals surface area (Å²) in [5.41, 5.74) is 1.29. The Hall–Kier alpha value is -1.84. The largest absolute Gasteiger partial charge is 0.354 e. The molecule has 21 heavy (non-hydrogen) atoms. The van der Waals surface area contributed by atoms with Gasteiger partial charge in [-0.15, -0.1) is 0 Å². The molecule has 0 aromatic heterocycles. The van der Waals surface area contributed by atoms with Gasteiger partial charge in [-0.25, -0.2) is 0 Å². The molecule has 2 amide bonds. The molecule has 0 unspecified atom stereocenters. The summed E-state index contributed by atoms with van der Waals surface area (Å²) < 4.78 is 0. The van der Waals surface area contributed by atoms with Gasteiger partial charge in [0.1, 0.15) is 0 Å². The standard InChI is InChI=1S/C17H24N2O2/c1-14(20)19(13-11-18-17(21)16-9-10-16)12-5-8-15-6-3-2-4-7-15/h2-4,6-7,16H,5,8-13H2,1H3,(H,18,21). The van der Waals surface area contributed by atoms with Gasteiger partial charge >= 0.3 is 0 Å². The summed E-state index contributed by atoms with van der Waals surface area (Å²) in [6.07, 6.45) is 3.94. The summed E-state index contributed by atoms with van der Waals surface area (Å²) >= 11 is 0. The molecule has 0 aliphatic heterocycles. The predicted octanol–water partition coefficient (Wildman–Crippen LogP) is 1.99. The topological polar surface area (TPSA) is 49.4 Å². The molecular weight excluding hydrogens is 264 g/mol. The molecule has 1 aromatic rings. The lowest BCUT2D eigenvalue weighted by Gasteiger charge is -2.21. The van der Waals surface area contributed by atoms with Crippen LogP contribution in [0.15, 0.2) is 30.3 Å². The third-order valence-electron chi connectivity index (χ3n) is 3.81. The van der Waals surface area contributed by atoms with Gasteiger partial charge in [-0.05, 0) is 31.2 Å². The Kier molecular flexibility index (Phi) is 5.78. The van der Waals surface area contributed by atoms with E-state index in [1.165, 1.54) is 5.56 Å². The van der Waals surface area contributed by atoms with Crippen molar-refractivity contribution in [3.05, 3.63) is 35.9 Å². The van der Waals surface area contributed by atoms with E-state index in [4.69, 9.17) is 0 Å². The van der Waals surface area contributed by atoms with E-state index < -0.39 is 0 Å². The van der Waals surface area contributed by atoms with Crippen LogP contribution in [0, 0.1) is 5.92 Å². The number of nitrogens with one attached hydrogen (secondary N) is 1. The summed E-state index contributed by atoms with van der Waals surface area (Å²) in [7, 11) is 0. The average Bonchev–Trinajstić information content (AvgIpc) is 3.31. The number of amides is 2. The molecule has 1 N–H and O–H groups in total. The lowest BCUT2D eigenvalue weighted by atomic mass is 10.1. The molecule has 0 radical (unpaired) electrons. The van der Waals surface area contributed by atoms with E-state index in [1.54, 1.807) is 6.92 Å². The van der Waals surface area contributed by atoms with Gasteiger partial charge in [-0.1, -0.05) is 30.3 Å². The second-order valence-corrected chi connectivity index (χ2v) is 5.66. The van der Waals surface area contributed by atoms with Crippen LogP contribution in [0.25, 0.3) is 0 Å². The van der Waals surface area contributed by atoms with Crippen LogP contribution in [0.4, 0.5) is 0 Å². The Morgan fingerprint density at radius 3 is 2.52 bits per heavy atom. The van der Waals surface area contributed by atoms with Crippen molar-refractivity contribution in [3.63, 3.8) is 0 Å². The molecule has 2 rings (SSSR count). The fraction of sp³-hybridized carbons (Fsp3) is 0.529. The first-order valence-corrected chi connectivity index (χ1v) is 7.74. The second-order valence-electron chi connectivity index (χ2n) is 5.66. The minimum Gasteiger partial charge on any atom is -0.354 e. The number of hydrogen-bond acceptors (Lipinski definition) is 2. The van der Waals surface area contributed by atoms with Crippen LogP contribution < -0.4 is 5.32 Å². The Labute approximate surface area is 126 Å². The van der Waals surface area contributed by atoms with Gasteiger partial charge in [0, 0.05) is 32.5 Å². The fourth-order valence-corrected chi connectivity index (χ4v) is 2.35. The molecule has 1 fully saturated rings. The van der Waals surface area contributed by atoms with Crippen LogP contribution in [0.2, 0.25) is 0 Å². The normalized spacial score (nSPS) is 13.8. The highest BCUT2D eigenvalue weighted by molar-refractivity contribution is 5.80. The fourth-order valence-electron chi connectivity index (χ4n) is 2.35. The number of hydrogen-bond donors (Lipinski definition) is 1. The number of carbonyl (C=O) groups excluding carboxylic acids is 2. The minimum atomic E-state index is 0.0729. The SMILES string of the molecule is CC(=O)N(CCCc1ccccc1)CCNC(=O)C1CC1. The zero-order chi connectivity index (χ0) is 15.1. The van der Waals surface area contributed by atoms with E-state index in [0.29, 0.717) is 13.1 Å². The molecule has 0 atom stereocenters. The van der Waals surface area contributed by atoms with E-state index in [2.05, 4.69) is 17.4 Å². The molecular formula is C17H24N2O2. The van der Waals surface area contributed by atoms with Crippen molar-refractivity contribution in [1.82, 2.24) is 10.2 Å². The van der Waals surface area contributed by atoms with Gasteiger partial charge in [0.15, 0.2) is 0 Å². The first-order chi connectivity index (χ1) is 10.2. The van der Waals surface area contributed by atoms with Gasteiger partial charge in [0.25, 0.3) is 0 Å². The van der Waals surface area contributed by atoms with Crippen molar-refractivity contribution in [2.75, 3.05) is 19.6 Å². The van der Waals surface area contributed by atoms with Crippen molar-refractivity contribution in [2.24, 2.45) is 5.92 Å². The van der Waals surface area contributed by atoms with Crippen LogP contribution in [0.1, 0.15) is 31.7 Å². The maximum atomic E-state index is 11.6. The number of benzene rings is 1. The molecule has 4 heteroatoms. The van der Waals surface area contributed by atoms with Crippen LogP contribution in [-0.2, 0) is 16.0 Å². The number of aryl methyl sites for hydroxylation is 1. The average molecular weight is 288 g/mol. The number of rotatable bonds is 8. The zero-order valence-corrected chi connectivity index (χ0v) is 12.7. The van der Waals surface area contributed by atoms with Crippen molar-refractivity contribution in [3.8, 4) is 0 Å². The van der Waals surface area contributed by atoms with Crippen LogP contribution in [0.5, 0.6) is 0 Å². The molecule has 1 saturated carbocycles. The van der Waals surface area contributed by atoms with Gasteiger partial charge in [0.05, 0.1) is 0 Å². The summed E-state index contributed by atoms with van der Waals surface area (Å²) in [6.45, 7) is 3.48. The maximum absolute atomic E-state index is 11.6. The quantitative estimate of drug-likeness (QED) is 0.795. The van der Waals surface area contributed by atoms with Crippen molar-refractivity contribution >= 4 is 11.8 Å². The van der Waals surface area contributed by atoms with E-state index in [-0.39, 0.29) is 17.7 Å². The molecule has 0 bridgehead atoms. The number of nitrogens with zero attached hydrogens (tertiary/aromatic N) is 1. The lowest BCUT2D eigenvalue weighted by Crippen LogP contribution is -2.38. The third-order valence-corrected chi connectivity index (χ3v) is 3.81. The highest BCUT2D eigenvalue weighted by atomic mass is 16.2. The van der Waals surface area contributed by atoms with Gasteiger partial charge in [-0.3, -0.25) is 9.59 Å². The van der Waals surface area contributed by atoms with Crippen LogP contribution in [0.3, 0.4) is 0 Å². The van der Waals surface area contributed by atoms with E-state index in [1.807, 2.05) is 23.1 Å². The predicted molar refractivity (Wildman–Crippen MR) is 82.8 cm³/mol. The minimum absolute atomic E-state index is 0.0729. The monoisotopic (exact) mass is 288 g/mol. The summed E-state index contributed by atoms with van der Waals surface area (Å²) in [6, 6.07) is 10.3. The van der Waals surface area contributed by atoms with Gasteiger partial charge in [-0.2, -0.15) is 0 Å². The first kappa shape index (κ1) is 15.5. The molecule has 4 nitrogen and oxygen atoms in total. The molecule has 1 aromatic carbocycles. The molecule has 0 spiro atoms. The highest BCUT2D eigenvalue weighted by Gasteiger charge is 2.29. The Morgan fingerprint density at radius 2 is 1.90 bits per heavy atom. The van der Waals surface area contributed by atoms with E-state index >= 15 is 0 Å². The Bertz CT molecular complexity index is 469. The molecule has 1 aliphatic rings. The molecule has 0 saturated heterocycles. The van der Waals surface area contributed by atoms with Crippen molar-refractivity contribution < 1.29 is 9.59 Å². The van der Waals surface area contributed by atoms with E-state index in [0.717, 1.165) is 32.2 Å². The van der Waals surface area contributed by atoms with Crippen LogP contribution >= 0.6 is 0 Å². The summed E-state index contributed by atoms with van der Waals surface area (Å²) in [4.78, 5) is 25.0. The summed E-state index contributed by atoms with van der Waals surface area (Å²) in [5, 5.41) is 2.91. The summed E-state index contributed by atoms with van der Waals surface area (Å²) in [5.74, 6) is 0.445. The molecule has 114 valence electrons. The Balaban J connectivity index is 1.66. The maximum Gasteiger partial charge on any atom is 0.223 e. The van der Waals surface area contributed by atoms with Gasteiger partial charge in [0.2, 0.25) is 11.8 Å². The Morgan fingerprint density at radius 1 is 1.19 bits per heavy atom. The van der Waals surface area contributed by atoms with E-state index in [9.17, 15) is 9.59 Å². The zero-order valence-electron chi connectivity index (χ0n) is 12.7. The number of carbonyl (C=O) groups is 2. The van der Waals surface area contributed by atoms with Gasteiger partial charge < -0.3 is 10.2 Å². The molecule has 1 aliphatic carbocycles. The lowest BCUT2D eigenvalue weighted by molar-refractivity contribution is -0.129. The smallest absolute Gasteiger partial charge is 0.223 e. The highest BCUT2D eigenvalue weighted by Crippen LogP contribution is 2.28. The third kappa shape index (κ3) is 5.58.